The van der Waals surface area contributed by atoms with Crippen molar-refractivity contribution in [2.75, 3.05) is 4.72 Å². The molecular weight excluding hydrogens is 341 g/mol. The van der Waals surface area contributed by atoms with Crippen LogP contribution >= 0.6 is 0 Å². The van der Waals surface area contributed by atoms with E-state index in [1.54, 1.807) is 12.1 Å². The molecule has 3 aromatic rings. The summed E-state index contributed by atoms with van der Waals surface area (Å²) in [7, 11) is -2.71. The molecule has 0 aliphatic heterocycles. The molecule has 0 bridgehead atoms. The first-order valence-corrected chi connectivity index (χ1v) is 9.20. The highest BCUT2D eigenvalue weighted by Crippen LogP contribution is 2.25. The van der Waals surface area contributed by atoms with Gasteiger partial charge in [-0.2, -0.15) is 9.49 Å². The van der Waals surface area contributed by atoms with Gasteiger partial charge < -0.3 is 0 Å². The summed E-state index contributed by atoms with van der Waals surface area (Å²) >= 11 is 0. The number of aryl methyl sites for hydroxylation is 2. The van der Waals surface area contributed by atoms with Crippen molar-refractivity contribution in [2.45, 2.75) is 18.2 Å². The fourth-order valence-electron chi connectivity index (χ4n) is 2.70. The molecule has 1 N–H and O–H groups in total. The molecule has 0 saturated heterocycles. The van der Waals surface area contributed by atoms with E-state index in [0.29, 0.717) is 12.1 Å². The topological polar surface area (TPSA) is 64.0 Å². The average Bonchev–Trinajstić information content (AvgIpc) is 2.83. The molecular formula is C18H18FN3O2S. The molecule has 3 rings (SSSR count). The molecule has 25 heavy (non-hydrogen) atoms. The maximum atomic E-state index is 14.1. The summed E-state index contributed by atoms with van der Waals surface area (Å²) < 4.78 is 42.9. The van der Waals surface area contributed by atoms with E-state index < -0.39 is 20.9 Å². The van der Waals surface area contributed by atoms with Crippen LogP contribution in [0.3, 0.4) is 0 Å². The minimum absolute atomic E-state index is 0.119. The van der Waals surface area contributed by atoms with Crippen LogP contribution in [-0.4, -0.2) is 18.2 Å². The van der Waals surface area contributed by atoms with Crippen LogP contribution in [0.15, 0.2) is 59.5 Å². The molecule has 0 amide bonds. The Morgan fingerprint density at radius 2 is 1.72 bits per heavy atom. The first-order valence-electron chi connectivity index (χ1n) is 7.72. The first kappa shape index (κ1) is 17.2. The maximum absolute atomic E-state index is 14.1. The van der Waals surface area contributed by atoms with Crippen LogP contribution in [0.25, 0.3) is 0 Å². The predicted molar refractivity (Wildman–Crippen MR) is 94.4 cm³/mol. The Balaban J connectivity index is 1.95. The number of benzene rings is 2. The second-order valence-corrected chi connectivity index (χ2v) is 7.37. The van der Waals surface area contributed by atoms with Gasteiger partial charge in [-0.05, 0) is 30.5 Å². The Morgan fingerprint density at radius 1 is 1.08 bits per heavy atom. The zero-order chi connectivity index (χ0) is 18.0. The monoisotopic (exact) mass is 359 g/mol. The van der Waals surface area contributed by atoms with Crippen LogP contribution in [0.4, 0.5) is 10.1 Å². The number of nitrogens with one attached hydrogen (secondary N) is 1. The standard InChI is InChI=1S/C18H18FN3O2S/c1-13-17(18(19)22(2)20-13)25(23,24)21-16-11-7-6-10-15(16)12-14-8-4-3-5-9-14/h3-11,21H,12H2,1-2H3. The van der Waals surface area contributed by atoms with Gasteiger partial charge in [-0.15, -0.1) is 0 Å². The predicted octanol–water partition coefficient (Wildman–Crippen LogP) is 3.26. The molecule has 0 radical (unpaired) electrons. The van der Waals surface area contributed by atoms with E-state index in [1.165, 1.54) is 14.0 Å². The smallest absolute Gasteiger partial charge is 0.268 e. The highest BCUT2D eigenvalue weighted by molar-refractivity contribution is 7.92. The zero-order valence-corrected chi connectivity index (χ0v) is 14.7. The summed E-state index contributed by atoms with van der Waals surface area (Å²) in [6.07, 6.45) is 0.564. The third kappa shape index (κ3) is 3.56. The number of rotatable bonds is 5. The molecule has 130 valence electrons. The SMILES string of the molecule is Cc1nn(C)c(F)c1S(=O)(=O)Nc1ccccc1Cc1ccccc1. The quantitative estimate of drug-likeness (QED) is 0.760. The fourth-order valence-corrected chi connectivity index (χ4v) is 4.08. The van der Waals surface area contributed by atoms with Crippen LogP contribution in [0.2, 0.25) is 0 Å². The van der Waals surface area contributed by atoms with Crippen LogP contribution in [0, 0.1) is 12.9 Å². The summed E-state index contributed by atoms with van der Waals surface area (Å²) in [4.78, 5) is -0.426. The lowest BCUT2D eigenvalue weighted by Gasteiger charge is -2.12. The Bertz CT molecular complexity index is 998. The largest absolute Gasteiger partial charge is 0.279 e. The van der Waals surface area contributed by atoms with Gasteiger partial charge in [-0.1, -0.05) is 48.5 Å². The molecule has 5 nitrogen and oxygen atoms in total. The first-order chi connectivity index (χ1) is 11.9. The second-order valence-electron chi connectivity index (χ2n) is 5.75. The van der Waals surface area contributed by atoms with Gasteiger partial charge in [0.15, 0.2) is 4.90 Å². The molecule has 1 aromatic heterocycles. The lowest BCUT2D eigenvalue weighted by molar-refractivity contribution is 0.483. The van der Waals surface area contributed by atoms with Crippen molar-refractivity contribution in [2.24, 2.45) is 7.05 Å². The highest BCUT2D eigenvalue weighted by Gasteiger charge is 2.27. The number of hydrogen-bond donors (Lipinski definition) is 1. The van der Waals surface area contributed by atoms with E-state index in [0.717, 1.165) is 15.8 Å². The molecule has 0 unspecified atom stereocenters. The van der Waals surface area contributed by atoms with E-state index in [9.17, 15) is 12.8 Å². The van der Waals surface area contributed by atoms with Crippen LogP contribution in [-0.2, 0) is 23.5 Å². The lowest BCUT2D eigenvalue weighted by atomic mass is 10.0. The third-order valence-electron chi connectivity index (χ3n) is 3.87. The van der Waals surface area contributed by atoms with Gasteiger partial charge in [0.1, 0.15) is 0 Å². The molecule has 0 spiro atoms. The fraction of sp³-hybridized carbons (Fsp3) is 0.167. The third-order valence-corrected chi connectivity index (χ3v) is 5.36. The Hall–Kier alpha value is -2.67. The molecule has 0 aliphatic carbocycles. The van der Waals surface area contributed by atoms with Gasteiger partial charge in [0, 0.05) is 7.05 Å². The van der Waals surface area contributed by atoms with Crippen LogP contribution in [0.5, 0.6) is 0 Å². The van der Waals surface area contributed by atoms with Crippen LogP contribution < -0.4 is 4.72 Å². The molecule has 0 atom stereocenters. The summed E-state index contributed by atoms with van der Waals surface area (Å²) in [6, 6.07) is 16.8. The van der Waals surface area contributed by atoms with Crippen molar-refractivity contribution in [3.8, 4) is 0 Å². The van der Waals surface area contributed by atoms with Gasteiger partial charge in [0.05, 0.1) is 11.4 Å². The summed E-state index contributed by atoms with van der Waals surface area (Å²) in [5.74, 6) is -0.884. The van der Waals surface area contributed by atoms with Gasteiger partial charge in [0.2, 0.25) is 5.95 Å². The molecule has 0 fully saturated rings. The number of aromatic nitrogens is 2. The second kappa shape index (κ2) is 6.68. The Morgan fingerprint density at radius 3 is 2.36 bits per heavy atom. The summed E-state index contributed by atoms with van der Waals surface area (Å²) in [5.41, 5.74) is 2.40. The summed E-state index contributed by atoms with van der Waals surface area (Å²) in [6.45, 7) is 1.47. The zero-order valence-electron chi connectivity index (χ0n) is 13.9. The Labute approximate surface area is 146 Å². The highest BCUT2D eigenvalue weighted by atomic mass is 32.2. The molecule has 7 heteroatoms. The van der Waals surface area contributed by atoms with Crippen molar-refractivity contribution >= 4 is 15.7 Å². The average molecular weight is 359 g/mol. The summed E-state index contributed by atoms with van der Waals surface area (Å²) in [5, 5.41) is 3.83. The lowest BCUT2D eigenvalue weighted by Crippen LogP contribution is -2.16. The minimum Gasteiger partial charge on any atom is -0.279 e. The number of nitrogens with zero attached hydrogens (tertiary/aromatic N) is 2. The van der Waals surface area contributed by atoms with Crippen molar-refractivity contribution in [1.29, 1.82) is 0 Å². The number of para-hydroxylation sites is 1. The maximum Gasteiger partial charge on any atom is 0.268 e. The van der Waals surface area contributed by atoms with Gasteiger partial charge >= 0.3 is 0 Å². The van der Waals surface area contributed by atoms with E-state index in [4.69, 9.17) is 0 Å². The van der Waals surface area contributed by atoms with Gasteiger partial charge in [-0.25, -0.2) is 13.1 Å². The van der Waals surface area contributed by atoms with E-state index in [1.807, 2.05) is 42.5 Å². The van der Waals surface area contributed by atoms with Crippen LogP contribution in [0.1, 0.15) is 16.8 Å². The van der Waals surface area contributed by atoms with Gasteiger partial charge in [-0.3, -0.25) is 4.72 Å². The normalized spacial score (nSPS) is 11.5. The number of hydrogen-bond acceptors (Lipinski definition) is 3. The molecule has 0 aliphatic rings. The van der Waals surface area contributed by atoms with E-state index in [-0.39, 0.29) is 5.69 Å². The Kier molecular flexibility index (Phi) is 4.59. The number of anilines is 1. The number of halogens is 1. The minimum atomic E-state index is -4.08. The molecule has 1 heterocycles. The molecule has 2 aromatic carbocycles. The molecule has 0 saturated carbocycles. The van der Waals surface area contributed by atoms with Crippen molar-refractivity contribution in [3.05, 3.63) is 77.4 Å². The number of sulfonamides is 1. The van der Waals surface area contributed by atoms with Crippen molar-refractivity contribution in [1.82, 2.24) is 9.78 Å². The van der Waals surface area contributed by atoms with Gasteiger partial charge in [0.25, 0.3) is 10.0 Å². The van der Waals surface area contributed by atoms with E-state index >= 15 is 0 Å². The van der Waals surface area contributed by atoms with Crippen molar-refractivity contribution < 1.29 is 12.8 Å². The van der Waals surface area contributed by atoms with Crippen molar-refractivity contribution in [3.63, 3.8) is 0 Å². The van der Waals surface area contributed by atoms with E-state index in [2.05, 4.69) is 9.82 Å².